The van der Waals surface area contributed by atoms with Crippen LogP contribution in [0, 0.1) is 0 Å². The molecule has 0 aromatic carbocycles. The van der Waals surface area contributed by atoms with Crippen molar-refractivity contribution in [3.05, 3.63) is 35.7 Å². The molecule has 5 nitrogen and oxygen atoms in total. The third-order valence-corrected chi connectivity index (χ3v) is 4.63. The van der Waals surface area contributed by atoms with E-state index in [1.54, 1.807) is 24.1 Å². The maximum atomic E-state index is 11.3. The molecule has 0 bridgehead atoms. The van der Waals surface area contributed by atoms with Gasteiger partial charge in [-0.05, 0) is 12.1 Å². The van der Waals surface area contributed by atoms with Gasteiger partial charge in [-0.25, -0.2) is 13.4 Å². The average Bonchev–Trinajstić information content (AvgIpc) is 2.95. The van der Waals surface area contributed by atoms with Gasteiger partial charge in [0.25, 0.3) is 0 Å². The van der Waals surface area contributed by atoms with Crippen LogP contribution in [0.25, 0.3) is 0 Å². The first kappa shape index (κ1) is 16.2. The Morgan fingerprint density at radius 2 is 1.95 bits per heavy atom. The quantitative estimate of drug-likeness (QED) is 0.837. The van der Waals surface area contributed by atoms with Crippen LogP contribution in [0.3, 0.4) is 0 Å². The van der Waals surface area contributed by atoms with Crippen molar-refractivity contribution in [3.8, 4) is 0 Å². The fraction of sp³-hybridized carbons (Fsp3) is 0.500. The number of nitrogens with zero attached hydrogens (tertiary/aromatic N) is 1. The number of aromatic nitrogens is 1. The van der Waals surface area contributed by atoms with Gasteiger partial charge in [0.2, 0.25) is 14.9 Å². The first-order chi connectivity index (χ1) is 9.66. The second kappa shape index (κ2) is 5.88. The average molecular weight is 329 g/mol. The van der Waals surface area contributed by atoms with Crippen molar-refractivity contribution in [2.45, 2.75) is 42.8 Å². The molecule has 2 heterocycles. The number of rotatable bonds is 5. The fourth-order valence-electron chi connectivity index (χ4n) is 1.61. The van der Waals surface area contributed by atoms with Crippen LogP contribution < -0.4 is 0 Å². The first-order valence-electron chi connectivity index (χ1n) is 6.47. The van der Waals surface area contributed by atoms with E-state index in [2.05, 4.69) is 4.98 Å². The van der Waals surface area contributed by atoms with Crippen LogP contribution in [0.4, 0.5) is 0 Å². The van der Waals surface area contributed by atoms with E-state index in [4.69, 9.17) is 8.83 Å². The van der Waals surface area contributed by atoms with Gasteiger partial charge in [-0.15, -0.1) is 11.8 Å². The van der Waals surface area contributed by atoms with E-state index >= 15 is 0 Å². The van der Waals surface area contributed by atoms with Gasteiger partial charge in [-0.1, -0.05) is 20.8 Å². The minimum Gasteiger partial charge on any atom is -0.449 e. The van der Waals surface area contributed by atoms with Crippen molar-refractivity contribution < 1.29 is 17.3 Å². The Morgan fingerprint density at radius 1 is 1.24 bits per heavy atom. The minimum absolute atomic E-state index is 0.00885. The second-order valence-electron chi connectivity index (χ2n) is 5.88. The van der Waals surface area contributed by atoms with Crippen molar-refractivity contribution in [2.75, 3.05) is 6.26 Å². The summed E-state index contributed by atoms with van der Waals surface area (Å²) in [6.45, 7) is 6.14. The summed E-state index contributed by atoms with van der Waals surface area (Å²) in [6, 6.07) is 3.17. The molecule has 2 rings (SSSR count). The standard InChI is InChI=1S/C14H19NO4S2/c1-14(2,3)13-15-10(7-18-13)8-20-9-11-5-6-12(19-11)21(4,16)17/h5-7H,8-9H2,1-4H3. The number of hydrogen-bond donors (Lipinski definition) is 0. The predicted octanol–water partition coefficient (Wildman–Crippen LogP) is 3.40. The van der Waals surface area contributed by atoms with Gasteiger partial charge in [-0.2, -0.15) is 0 Å². The number of thioether (sulfide) groups is 1. The maximum Gasteiger partial charge on any atom is 0.217 e. The molecule has 0 amide bonds. The van der Waals surface area contributed by atoms with E-state index in [-0.39, 0.29) is 10.5 Å². The lowest BCUT2D eigenvalue weighted by Gasteiger charge is -2.11. The molecule has 0 aliphatic rings. The van der Waals surface area contributed by atoms with Crippen molar-refractivity contribution in [3.63, 3.8) is 0 Å². The summed E-state index contributed by atoms with van der Waals surface area (Å²) < 4.78 is 33.4. The largest absolute Gasteiger partial charge is 0.449 e. The Labute approximate surface area is 129 Å². The number of oxazole rings is 1. The molecule has 0 N–H and O–H groups in total. The van der Waals surface area contributed by atoms with E-state index in [9.17, 15) is 8.42 Å². The Bertz CT molecular complexity index is 707. The molecular weight excluding hydrogens is 310 g/mol. The molecule has 0 aliphatic heterocycles. The Morgan fingerprint density at radius 3 is 2.48 bits per heavy atom. The van der Waals surface area contributed by atoms with E-state index in [1.807, 2.05) is 20.8 Å². The zero-order valence-electron chi connectivity index (χ0n) is 12.5. The molecule has 0 atom stereocenters. The highest BCUT2D eigenvalue weighted by atomic mass is 32.2. The number of furan rings is 1. The smallest absolute Gasteiger partial charge is 0.217 e. The first-order valence-corrected chi connectivity index (χ1v) is 9.52. The molecule has 7 heteroatoms. The zero-order chi connectivity index (χ0) is 15.7. The molecule has 116 valence electrons. The molecule has 0 fully saturated rings. The summed E-state index contributed by atoms with van der Waals surface area (Å²) in [6.07, 6.45) is 2.80. The van der Waals surface area contributed by atoms with Crippen LogP contribution in [0.5, 0.6) is 0 Å². The summed E-state index contributed by atoms with van der Waals surface area (Å²) in [5, 5.41) is 0.00885. The van der Waals surface area contributed by atoms with Crippen molar-refractivity contribution in [2.24, 2.45) is 0 Å². The van der Waals surface area contributed by atoms with Crippen LogP contribution in [0.15, 0.2) is 32.3 Å². The number of sulfone groups is 1. The van der Waals surface area contributed by atoms with Gasteiger partial charge in [0.1, 0.15) is 12.0 Å². The molecule has 0 saturated carbocycles. The van der Waals surface area contributed by atoms with Gasteiger partial charge in [-0.3, -0.25) is 0 Å². The van der Waals surface area contributed by atoms with Crippen LogP contribution >= 0.6 is 11.8 Å². The molecule has 2 aromatic heterocycles. The molecule has 0 unspecified atom stereocenters. The van der Waals surface area contributed by atoms with Crippen LogP contribution in [0.1, 0.15) is 38.1 Å². The van der Waals surface area contributed by atoms with Gasteiger partial charge >= 0.3 is 0 Å². The van der Waals surface area contributed by atoms with E-state index in [0.29, 0.717) is 17.3 Å². The molecule has 21 heavy (non-hydrogen) atoms. The van der Waals surface area contributed by atoms with Crippen LogP contribution in [-0.2, 0) is 26.8 Å². The van der Waals surface area contributed by atoms with E-state index < -0.39 is 9.84 Å². The second-order valence-corrected chi connectivity index (χ2v) is 8.81. The van der Waals surface area contributed by atoms with Crippen LogP contribution in [0.2, 0.25) is 0 Å². The van der Waals surface area contributed by atoms with Gasteiger partial charge in [0.05, 0.1) is 11.4 Å². The van der Waals surface area contributed by atoms with Crippen LogP contribution in [-0.4, -0.2) is 19.7 Å². The normalized spacial score (nSPS) is 12.8. The SMILES string of the molecule is CC(C)(C)c1nc(CSCc2ccc(S(C)(=O)=O)o2)co1. The Hall–Kier alpha value is -1.21. The minimum atomic E-state index is -3.28. The molecule has 0 saturated heterocycles. The molecular formula is C14H19NO4S2. The summed E-state index contributed by atoms with van der Waals surface area (Å²) in [5.41, 5.74) is 0.772. The van der Waals surface area contributed by atoms with Gasteiger partial charge < -0.3 is 8.83 Å². The maximum absolute atomic E-state index is 11.3. The summed E-state index contributed by atoms with van der Waals surface area (Å²) in [7, 11) is -3.28. The lowest BCUT2D eigenvalue weighted by Crippen LogP contribution is -2.11. The van der Waals surface area contributed by atoms with Gasteiger partial charge in [0.15, 0.2) is 5.89 Å². The third-order valence-electron chi connectivity index (χ3n) is 2.69. The monoisotopic (exact) mass is 329 g/mol. The highest BCUT2D eigenvalue weighted by Crippen LogP contribution is 2.24. The lowest BCUT2D eigenvalue weighted by molar-refractivity contribution is 0.392. The lowest BCUT2D eigenvalue weighted by atomic mass is 9.97. The predicted molar refractivity (Wildman–Crippen MR) is 82.0 cm³/mol. The number of hydrogen-bond acceptors (Lipinski definition) is 6. The molecule has 0 aliphatic carbocycles. The van der Waals surface area contributed by atoms with Gasteiger partial charge in [0, 0.05) is 17.4 Å². The fourth-order valence-corrected chi connectivity index (χ4v) is 2.98. The van der Waals surface area contributed by atoms with E-state index in [0.717, 1.165) is 17.8 Å². The van der Waals surface area contributed by atoms with E-state index in [1.165, 1.54) is 6.07 Å². The third kappa shape index (κ3) is 4.38. The van der Waals surface area contributed by atoms with Crippen molar-refractivity contribution >= 4 is 21.6 Å². The topological polar surface area (TPSA) is 73.3 Å². The highest BCUT2D eigenvalue weighted by molar-refractivity contribution is 7.97. The molecule has 0 spiro atoms. The highest BCUT2D eigenvalue weighted by Gasteiger charge is 2.20. The van der Waals surface area contributed by atoms with Crippen molar-refractivity contribution in [1.29, 1.82) is 0 Å². The summed E-state index contributed by atoms with van der Waals surface area (Å²) in [5.74, 6) is 2.64. The Balaban J connectivity index is 1.90. The molecule has 2 aromatic rings. The Kier molecular flexibility index (Phi) is 4.53. The van der Waals surface area contributed by atoms with Crippen molar-refractivity contribution in [1.82, 2.24) is 4.98 Å². The molecule has 0 radical (unpaired) electrons. The summed E-state index contributed by atoms with van der Waals surface area (Å²) >= 11 is 1.60. The summed E-state index contributed by atoms with van der Waals surface area (Å²) in [4.78, 5) is 4.44. The zero-order valence-corrected chi connectivity index (χ0v) is 14.2.